The number of aliphatic hydroxyl groups excluding tert-OH is 4. The van der Waals surface area contributed by atoms with Crippen LogP contribution in [0.5, 0.6) is 0 Å². The van der Waals surface area contributed by atoms with Crippen molar-refractivity contribution in [3.63, 3.8) is 0 Å². The molecule has 238 valence electrons. The van der Waals surface area contributed by atoms with Gasteiger partial charge in [0.1, 0.15) is 30.5 Å². The number of unbranched alkanes of at least 4 members (excludes halogenated alkanes) is 15. The topological polar surface area (TPSA) is 135 Å². The second-order valence-corrected chi connectivity index (χ2v) is 11.3. The van der Waals surface area contributed by atoms with Crippen molar-refractivity contribution < 1.29 is 44.2 Å². The molecule has 0 saturated carbocycles. The summed E-state index contributed by atoms with van der Waals surface area (Å²) in [5.41, 5.74) is 0. The summed E-state index contributed by atoms with van der Waals surface area (Å²) in [6, 6.07) is 0. The van der Waals surface area contributed by atoms with Crippen LogP contribution in [0.25, 0.3) is 0 Å². The molecule has 0 aliphatic carbocycles. The smallest absolute Gasteiger partial charge is 0.306 e. The van der Waals surface area contributed by atoms with Crippen molar-refractivity contribution in [2.24, 2.45) is 0 Å². The minimum atomic E-state index is -1.53. The number of aliphatic hydroxyl groups is 4. The maximum Gasteiger partial charge on any atom is 0.306 e. The number of carbonyl (C=O) groups excluding carboxylic acids is 1. The molecule has 1 heterocycles. The van der Waals surface area contributed by atoms with Crippen molar-refractivity contribution in [2.75, 3.05) is 26.4 Å². The molecule has 6 atom stereocenters. The second kappa shape index (κ2) is 24.8. The van der Waals surface area contributed by atoms with E-state index in [-0.39, 0.29) is 19.2 Å². The van der Waals surface area contributed by atoms with Crippen molar-refractivity contribution in [1.29, 1.82) is 0 Å². The summed E-state index contributed by atoms with van der Waals surface area (Å²) in [4.78, 5) is 12.3. The molecule has 0 amide bonds. The minimum absolute atomic E-state index is 0.110. The van der Waals surface area contributed by atoms with Gasteiger partial charge in [-0.15, -0.1) is 0 Å². The van der Waals surface area contributed by atoms with E-state index >= 15 is 0 Å². The lowest BCUT2D eigenvalue weighted by Gasteiger charge is -2.39. The molecule has 1 fully saturated rings. The molecule has 0 radical (unpaired) electrons. The Bertz CT molecular complexity index is 589. The van der Waals surface area contributed by atoms with Crippen molar-refractivity contribution in [3.05, 3.63) is 0 Å². The number of hydrogen-bond acceptors (Lipinski definition) is 9. The van der Waals surface area contributed by atoms with Crippen LogP contribution in [-0.2, 0) is 23.7 Å². The van der Waals surface area contributed by atoms with Gasteiger partial charge in [0, 0.05) is 13.0 Å². The summed E-state index contributed by atoms with van der Waals surface area (Å²) >= 11 is 0. The van der Waals surface area contributed by atoms with Crippen LogP contribution in [0.1, 0.15) is 129 Å². The molecular formula is C31H60O9. The van der Waals surface area contributed by atoms with Gasteiger partial charge in [-0.3, -0.25) is 4.79 Å². The lowest BCUT2D eigenvalue weighted by molar-refractivity contribution is -0.305. The van der Waals surface area contributed by atoms with Gasteiger partial charge in [-0.1, -0.05) is 110 Å². The normalized spacial score (nSPS) is 23.8. The van der Waals surface area contributed by atoms with Gasteiger partial charge in [-0.25, -0.2) is 0 Å². The highest BCUT2D eigenvalue weighted by molar-refractivity contribution is 5.69. The second-order valence-electron chi connectivity index (χ2n) is 11.3. The molecule has 40 heavy (non-hydrogen) atoms. The number of rotatable bonds is 26. The van der Waals surface area contributed by atoms with Crippen LogP contribution < -0.4 is 0 Å². The maximum atomic E-state index is 12.3. The van der Waals surface area contributed by atoms with Crippen molar-refractivity contribution in [3.8, 4) is 0 Å². The Morgan fingerprint density at radius 2 is 1.23 bits per heavy atom. The highest BCUT2D eigenvalue weighted by atomic mass is 16.7. The van der Waals surface area contributed by atoms with E-state index in [1.165, 1.54) is 77.0 Å². The van der Waals surface area contributed by atoms with Gasteiger partial charge in [-0.2, -0.15) is 0 Å². The van der Waals surface area contributed by atoms with E-state index in [4.69, 9.17) is 18.9 Å². The molecule has 1 rings (SSSR count). The Morgan fingerprint density at radius 3 is 1.77 bits per heavy atom. The summed E-state index contributed by atoms with van der Waals surface area (Å²) in [7, 11) is 0. The molecule has 0 aromatic carbocycles. The fourth-order valence-electron chi connectivity index (χ4n) is 4.90. The van der Waals surface area contributed by atoms with E-state index in [0.717, 1.165) is 32.1 Å². The highest BCUT2D eigenvalue weighted by Crippen LogP contribution is 2.22. The zero-order valence-electron chi connectivity index (χ0n) is 25.4. The maximum absolute atomic E-state index is 12.3. The van der Waals surface area contributed by atoms with E-state index < -0.39 is 43.4 Å². The molecule has 1 aliphatic rings. The minimum Gasteiger partial charge on any atom is -0.457 e. The third kappa shape index (κ3) is 17.2. The summed E-state index contributed by atoms with van der Waals surface area (Å²) in [5.74, 6) is -0.337. The van der Waals surface area contributed by atoms with Crippen LogP contribution in [0.2, 0.25) is 0 Å². The summed E-state index contributed by atoms with van der Waals surface area (Å²) < 4.78 is 22.3. The molecular weight excluding hydrogens is 516 g/mol. The first-order valence-electron chi connectivity index (χ1n) is 16.1. The molecule has 1 aliphatic heterocycles. The fraction of sp³-hybridized carbons (Fsp3) is 0.968. The number of ether oxygens (including phenoxy) is 4. The lowest BCUT2D eigenvalue weighted by Crippen LogP contribution is -2.59. The Kier molecular flexibility index (Phi) is 23.0. The molecule has 0 spiro atoms. The van der Waals surface area contributed by atoms with Crippen LogP contribution in [0.3, 0.4) is 0 Å². The van der Waals surface area contributed by atoms with Crippen LogP contribution in [0, 0.1) is 0 Å². The summed E-state index contributed by atoms with van der Waals surface area (Å²) in [6.45, 7) is 4.38. The average Bonchev–Trinajstić information content (AvgIpc) is 2.95. The summed E-state index contributed by atoms with van der Waals surface area (Å²) in [6.07, 6.45) is 13.5. The predicted octanol–water partition coefficient (Wildman–Crippen LogP) is 4.79. The SMILES string of the molecule is CCCCCCCCCCCCCCCCOCC(COC1OC(CO)C(O)C(O)C1O)OC(=O)CCCCC. The van der Waals surface area contributed by atoms with Gasteiger partial charge in [0.05, 0.1) is 19.8 Å². The zero-order chi connectivity index (χ0) is 29.4. The summed E-state index contributed by atoms with van der Waals surface area (Å²) in [5, 5.41) is 39.5. The van der Waals surface area contributed by atoms with Crippen molar-refractivity contribution in [2.45, 2.75) is 166 Å². The van der Waals surface area contributed by atoms with E-state index in [9.17, 15) is 25.2 Å². The van der Waals surface area contributed by atoms with Gasteiger partial charge >= 0.3 is 5.97 Å². The largest absolute Gasteiger partial charge is 0.457 e. The van der Waals surface area contributed by atoms with Crippen LogP contribution in [0.4, 0.5) is 0 Å². The van der Waals surface area contributed by atoms with E-state index in [1.807, 2.05) is 0 Å². The molecule has 9 heteroatoms. The molecule has 6 unspecified atom stereocenters. The van der Waals surface area contributed by atoms with Gasteiger partial charge in [0.15, 0.2) is 6.29 Å². The lowest BCUT2D eigenvalue weighted by atomic mass is 9.99. The van der Waals surface area contributed by atoms with Crippen LogP contribution >= 0.6 is 0 Å². The molecule has 9 nitrogen and oxygen atoms in total. The van der Waals surface area contributed by atoms with Crippen LogP contribution in [-0.4, -0.2) is 89.6 Å². The molecule has 0 aromatic rings. The first-order valence-corrected chi connectivity index (χ1v) is 16.1. The Labute approximate surface area is 242 Å². The van der Waals surface area contributed by atoms with Gasteiger partial charge in [-0.05, 0) is 12.8 Å². The highest BCUT2D eigenvalue weighted by Gasteiger charge is 2.44. The first-order chi connectivity index (χ1) is 19.4. The molecule has 4 N–H and O–H groups in total. The Balaban J connectivity index is 2.25. The zero-order valence-corrected chi connectivity index (χ0v) is 25.4. The number of esters is 1. The van der Waals surface area contributed by atoms with Gasteiger partial charge in [0.25, 0.3) is 0 Å². The molecule has 0 bridgehead atoms. The Morgan fingerprint density at radius 1 is 0.700 bits per heavy atom. The monoisotopic (exact) mass is 576 g/mol. The predicted molar refractivity (Wildman–Crippen MR) is 155 cm³/mol. The molecule has 1 saturated heterocycles. The van der Waals surface area contributed by atoms with E-state index in [1.54, 1.807) is 0 Å². The van der Waals surface area contributed by atoms with Gasteiger partial charge in [0.2, 0.25) is 0 Å². The number of hydrogen-bond donors (Lipinski definition) is 4. The fourth-order valence-corrected chi connectivity index (χ4v) is 4.90. The van der Waals surface area contributed by atoms with Crippen LogP contribution in [0.15, 0.2) is 0 Å². The average molecular weight is 577 g/mol. The number of carbonyl (C=O) groups is 1. The standard InChI is InChI=1S/C31H60O9/c1-3-5-7-8-9-10-11-12-13-14-15-16-17-19-21-37-23-25(39-27(33)20-18-6-4-2)24-38-31-30(36)29(35)28(34)26(22-32)40-31/h25-26,28-32,34-36H,3-24H2,1-2H3. The first kappa shape index (κ1) is 37.2. The van der Waals surface area contributed by atoms with Crippen molar-refractivity contribution >= 4 is 5.97 Å². The third-order valence-corrected chi connectivity index (χ3v) is 7.52. The van der Waals surface area contributed by atoms with Gasteiger partial charge < -0.3 is 39.4 Å². The van der Waals surface area contributed by atoms with E-state index in [2.05, 4.69) is 13.8 Å². The molecule has 0 aromatic heterocycles. The van der Waals surface area contributed by atoms with E-state index in [0.29, 0.717) is 13.0 Å². The Hall–Kier alpha value is -0.810. The quantitative estimate of drug-likeness (QED) is 0.0846. The van der Waals surface area contributed by atoms with Crippen molar-refractivity contribution in [1.82, 2.24) is 0 Å². The third-order valence-electron chi connectivity index (χ3n) is 7.52.